The predicted molar refractivity (Wildman–Crippen MR) is 95.3 cm³/mol. The highest BCUT2D eigenvalue weighted by atomic mass is 19.1. The molecular formula is C19H13F2N5O. The Labute approximate surface area is 153 Å². The number of H-pyrrole nitrogens is 1. The van der Waals surface area contributed by atoms with Gasteiger partial charge in [-0.3, -0.25) is 14.9 Å². The number of nitrogens with one attached hydrogen (secondary N) is 2. The van der Waals surface area contributed by atoms with Crippen LogP contribution in [0.15, 0.2) is 42.7 Å². The van der Waals surface area contributed by atoms with E-state index in [9.17, 15) is 13.6 Å². The Balaban J connectivity index is 1.75. The number of amides is 1. The van der Waals surface area contributed by atoms with Crippen LogP contribution >= 0.6 is 0 Å². The first-order chi connectivity index (χ1) is 13.0. The molecule has 2 N–H and O–H groups in total. The van der Waals surface area contributed by atoms with Gasteiger partial charge in [-0.15, -0.1) is 0 Å². The molecule has 0 spiro atoms. The second-order valence-corrected chi connectivity index (χ2v) is 5.60. The maximum absolute atomic E-state index is 13.6. The molecule has 0 unspecified atom stereocenters. The summed E-state index contributed by atoms with van der Waals surface area (Å²) in [5.74, 6) is -2.14. The monoisotopic (exact) mass is 365 g/mol. The highest BCUT2D eigenvalue weighted by Gasteiger charge is 2.13. The Morgan fingerprint density at radius 1 is 1.26 bits per heavy atom. The lowest BCUT2D eigenvalue weighted by atomic mass is 10.1. The van der Waals surface area contributed by atoms with E-state index in [1.165, 1.54) is 12.1 Å². The Hall–Kier alpha value is -3.86. The minimum atomic E-state index is -0.984. The van der Waals surface area contributed by atoms with Crippen LogP contribution in [0.3, 0.4) is 0 Å². The summed E-state index contributed by atoms with van der Waals surface area (Å²) in [5, 5.41) is 18.2. The van der Waals surface area contributed by atoms with Crippen molar-refractivity contribution in [3.05, 3.63) is 71.1 Å². The van der Waals surface area contributed by atoms with Crippen LogP contribution in [-0.2, 0) is 4.79 Å². The van der Waals surface area contributed by atoms with E-state index in [1.807, 2.05) is 0 Å². The van der Waals surface area contributed by atoms with Crippen LogP contribution < -0.4 is 5.32 Å². The van der Waals surface area contributed by atoms with Crippen molar-refractivity contribution in [1.82, 2.24) is 15.2 Å². The van der Waals surface area contributed by atoms with E-state index in [0.717, 1.165) is 35.0 Å². The molecule has 1 amide bonds. The minimum absolute atomic E-state index is 0.121. The highest BCUT2D eigenvalue weighted by Crippen LogP contribution is 2.25. The van der Waals surface area contributed by atoms with Crippen molar-refractivity contribution >= 4 is 17.8 Å². The molecule has 134 valence electrons. The van der Waals surface area contributed by atoms with Crippen molar-refractivity contribution in [3.8, 4) is 17.3 Å². The molecule has 0 atom stereocenters. The Kier molecular flexibility index (Phi) is 5.04. The largest absolute Gasteiger partial charge is 0.305 e. The molecule has 0 saturated carbocycles. The molecule has 27 heavy (non-hydrogen) atoms. The lowest BCUT2D eigenvalue weighted by Gasteiger charge is -2.01. The molecule has 0 aliphatic rings. The normalized spacial score (nSPS) is 10.7. The number of carbonyl (C=O) groups excluding carboxylic acids is 1. The van der Waals surface area contributed by atoms with Crippen LogP contribution in [0, 0.1) is 29.9 Å². The molecule has 2 aromatic heterocycles. The average molecular weight is 365 g/mol. The molecule has 6 nitrogen and oxygen atoms in total. The maximum atomic E-state index is 13.6. The van der Waals surface area contributed by atoms with E-state index in [4.69, 9.17) is 5.26 Å². The van der Waals surface area contributed by atoms with E-state index in [0.29, 0.717) is 5.82 Å². The lowest BCUT2D eigenvalue weighted by molar-refractivity contribution is -0.111. The van der Waals surface area contributed by atoms with Crippen LogP contribution in [0.1, 0.15) is 16.7 Å². The van der Waals surface area contributed by atoms with Crippen molar-refractivity contribution in [1.29, 1.82) is 5.26 Å². The zero-order valence-electron chi connectivity index (χ0n) is 14.1. The number of anilines is 1. The van der Waals surface area contributed by atoms with Crippen molar-refractivity contribution < 1.29 is 13.6 Å². The van der Waals surface area contributed by atoms with E-state index in [1.54, 1.807) is 31.5 Å². The molecule has 1 aromatic carbocycles. The number of pyridine rings is 1. The van der Waals surface area contributed by atoms with E-state index in [-0.39, 0.29) is 5.56 Å². The van der Waals surface area contributed by atoms with E-state index in [2.05, 4.69) is 20.5 Å². The third kappa shape index (κ3) is 3.88. The second-order valence-electron chi connectivity index (χ2n) is 5.60. The Bertz CT molecular complexity index is 1040. The fourth-order valence-corrected chi connectivity index (χ4v) is 2.45. The van der Waals surface area contributed by atoms with Crippen LogP contribution in [-0.4, -0.2) is 21.1 Å². The number of aromatic amines is 1. The van der Waals surface area contributed by atoms with Gasteiger partial charge >= 0.3 is 0 Å². The Morgan fingerprint density at radius 3 is 2.56 bits per heavy atom. The van der Waals surface area contributed by atoms with Gasteiger partial charge in [0.1, 0.15) is 23.3 Å². The predicted octanol–water partition coefficient (Wildman–Crippen LogP) is 3.58. The van der Waals surface area contributed by atoms with Gasteiger partial charge in [-0.05, 0) is 42.8 Å². The number of hydrogen-bond donors (Lipinski definition) is 2. The lowest BCUT2D eigenvalue weighted by Crippen LogP contribution is -2.09. The highest BCUT2D eigenvalue weighted by molar-refractivity contribution is 6.02. The standard InChI is InChI=1S/C19H13F2N5O/c1-11-18(13-4-6-23-7-5-13)25-26-19(11)24-17(27)3-2-12-8-15(20)14(10-22)16(21)9-12/h2-9H,1H3,(H2,24,25,26,27). The number of rotatable bonds is 4. The fraction of sp³-hybridized carbons (Fsp3) is 0.0526. The van der Waals surface area contributed by atoms with Gasteiger partial charge in [0.15, 0.2) is 5.82 Å². The minimum Gasteiger partial charge on any atom is -0.305 e. The molecule has 0 radical (unpaired) electrons. The van der Waals surface area contributed by atoms with Gasteiger partial charge in [0.25, 0.3) is 0 Å². The summed E-state index contributed by atoms with van der Waals surface area (Å²) in [7, 11) is 0. The summed E-state index contributed by atoms with van der Waals surface area (Å²) in [5.41, 5.74) is 1.81. The van der Waals surface area contributed by atoms with Crippen LogP contribution in [0.4, 0.5) is 14.6 Å². The summed E-state index contributed by atoms with van der Waals surface area (Å²) < 4.78 is 27.2. The number of carbonyl (C=O) groups is 1. The molecule has 3 aromatic rings. The molecule has 2 heterocycles. The first-order valence-corrected chi connectivity index (χ1v) is 7.83. The van der Waals surface area contributed by atoms with Crippen molar-refractivity contribution in [3.63, 3.8) is 0 Å². The van der Waals surface area contributed by atoms with Crippen molar-refractivity contribution in [2.24, 2.45) is 0 Å². The van der Waals surface area contributed by atoms with E-state index >= 15 is 0 Å². The molecular weight excluding hydrogens is 352 g/mol. The summed E-state index contributed by atoms with van der Waals surface area (Å²) >= 11 is 0. The second kappa shape index (κ2) is 7.58. The number of aromatic nitrogens is 3. The number of halogens is 2. The third-order valence-corrected chi connectivity index (χ3v) is 3.82. The third-order valence-electron chi connectivity index (χ3n) is 3.82. The first kappa shape index (κ1) is 17.9. The summed E-state index contributed by atoms with van der Waals surface area (Å²) in [4.78, 5) is 16.0. The number of benzene rings is 1. The van der Waals surface area contributed by atoms with Crippen LogP contribution in [0.5, 0.6) is 0 Å². The topological polar surface area (TPSA) is 94.5 Å². The summed E-state index contributed by atoms with van der Waals surface area (Å²) in [6.07, 6.45) is 5.66. The van der Waals surface area contributed by atoms with Crippen LogP contribution in [0.25, 0.3) is 17.3 Å². The molecule has 3 rings (SSSR count). The summed E-state index contributed by atoms with van der Waals surface area (Å²) in [6, 6.07) is 7.01. The average Bonchev–Trinajstić information content (AvgIpc) is 3.01. The zero-order chi connectivity index (χ0) is 19.4. The molecule has 0 aliphatic carbocycles. The zero-order valence-corrected chi connectivity index (χ0v) is 14.1. The fourth-order valence-electron chi connectivity index (χ4n) is 2.45. The Morgan fingerprint density at radius 2 is 1.93 bits per heavy atom. The van der Waals surface area contributed by atoms with Gasteiger partial charge in [0.2, 0.25) is 5.91 Å². The van der Waals surface area contributed by atoms with Gasteiger partial charge in [0, 0.05) is 29.6 Å². The van der Waals surface area contributed by atoms with E-state index < -0.39 is 23.1 Å². The number of hydrogen-bond acceptors (Lipinski definition) is 4. The number of nitriles is 1. The van der Waals surface area contributed by atoms with Gasteiger partial charge < -0.3 is 5.32 Å². The van der Waals surface area contributed by atoms with Crippen molar-refractivity contribution in [2.45, 2.75) is 6.92 Å². The number of nitrogens with zero attached hydrogens (tertiary/aromatic N) is 3. The van der Waals surface area contributed by atoms with Gasteiger partial charge in [-0.2, -0.15) is 10.4 Å². The molecule has 8 heteroatoms. The van der Waals surface area contributed by atoms with Gasteiger partial charge in [-0.25, -0.2) is 8.78 Å². The SMILES string of the molecule is Cc1c(NC(=O)C=Cc2cc(F)c(C#N)c(F)c2)n[nH]c1-c1ccncc1. The molecule has 0 bridgehead atoms. The maximum Gasteiger partial charge on any atom is 0.249 e. The van der Waals surface area contributed by atoms with Gasteiger partial charge in [-0.1, -0.05) is 0 Å². The smallest absolute Gasteiger partial charge is 0.249 e. The van der Waals surface area contributed by atoms with Gasteiger partial charge in [0.05, 0.1) is 5.69 Å². The molecule has 0 aliphatic heterocycles. The van der Waals surface area contributed by atoms with Crippen LogP contribution in [0.2, 0.25) is 0 Å². The molecule has 0 fully saturated rings. The first-order valence-electron chi connectivity index (χ1n) is 7.83. The summed E-state index contributed by atoms with van der Waals surface area (Å²) in [6.45, 7) is 1.80. The molecule has 0 saturated heterocycles. The van der Waals surface area contributed by atoms with Crippen molar-refractivity contribution in [2.75, 3.05) is 5.32 Å². The quantitative estimate of drug-likeness (QED) is 0.691.